The maximum Gasteiger partial charge on any atom is 0.320 e. The highest BCUT2D eigenvalue weighted by molar-refractivity contribution is 6.05. The zero-order valence-corrected chi connectivity index (χ0v) is 17.2. The number of nitrogen functional groups attached to an aromatic ring is 1. The Morgan fingerprint density at radius 2 is 1.87 bits per heavy atom. The van der Waals surface area contributed by atoms with Gasteiger partial charge in [-0.15, -0.1) is 0 Å². The van der Waals surface area contributed by atoms with E-state index in [1.807, 2.05) is 18.2 Å². The molecule has 0 bridgehead atoms. The summed E-state index contributed by atoms with van der Waals surface area (Å²) in [6, 6.07) is 12.5. The molecule has 0 aliphatic carbocycles. The third-order valence-electron chi connectivity index (χ3n) is 5.13. The standard InChI is InChI=1S/C23H28N4O3/c1-2-3-12-30-21(28)15-27-11-10-16-8-9-20(13-19(16)14-27)26-23(29)18-6-4-17(5-7-18)22(24)25/h4-9,13H,2-3,10-12,14-15H2,1H3,(H3,24,25)(H,26,29). The van der Waals surface area contributed by atoms with E-state index >= 15 is 0 Å². The van der Waals surface area contributed by atoms with E-state index < -0.39 is 0 Å². The van der Waals surface area contributed by atoms with Crippen LogP contribution in [0, 0.1) is 5.41 Å². The molecule has 30 heavy (non-hydrogen) atoms. The van der Waals surface area contributed by atoms with E-state index in [2.05, 4.69) is 17.1 Å². The van der Waals surface area contributed by atoms with Crippen molar-refractivity contribution in [1.29, 1.82) is 5.41 Å². The van der Waals surface area contributed by atoms with Crippen molar-refractivity contribution < 1.29 is 14.3 Å². The largest absolute Gasteiger partial charge is 0.465 e. The smallest absolute Gasteiger partial charge is 0.320 e. The minimum Gasteiger partial charge on any atom is -0.465 e. The van der Waals surface area contributed by atoms with Crippen LogP contribution in [0.2, 0.25) is 0 Å². The van der Waals surface area contributed by atoms with Crippen LogP contribution in [0.1, 0.15) is 46.8 Å². The summed E-state index contributed by atoms with van der Waals surface area (Å²) in [5.74, 6) is -0.446. The van der Waals surface area contributed by atoms with Gasteiger partial charge < -0.3 is 15.8 Å². The topological polar surface area (TPSA) is 109 Å². The number of anilines is 1. The fraction of sp³-hybridized carbons (Fsp3) is 0.348. The molecule has 1 amide bonds. The molecule has 2 aromatic rings. The summed E-state index contributed by atoms with van der Waals surface area (Å²) in [7, 11) is 0. The molecular weight excluding hydrogens is 380 g/mol. The first-order valence-electron chi connectivity index (χ1n) is 10.2. The first-order valence-corrected chi connectivity index (χ1v) is 10.2. The predicted octanol–water partition coefficient (Wildman–Crippen LogP) is 2.92. The van der Waals surface area contributed by atoms with Gasteiger partial charge in [0.1, 0.15) is 5.84 Å². The molecule has 0 spiro atoms. The molecular formula is C23H28N4O3. The maximum absolute atomic E-state index is 12.5. The number of nitrogens with one attached hydrogen (secondary N) is 2. The third-order valence-corrected chi connectivity index (χ3v) is 5.13. The predicted molar refractivity (Wildman–Crippen MR) is 117 cm³/mol. The summed E-state index contributed by atoms with van der Waals surface area (Å²) in [6.07, 6.45) is 2.74. The average Bonchev–Trinajstić information content (AvgIpc) is 2.73. The first-order chi connectivity index (χ1) is 14.5. The number of carbonyl (C=O) groups excluding carboxylic acids is 2. The van der Waals surface area contributed by atoms with E-state index in [-0.39, 0.29) is 24.3 Å². The number of fused-ring (bicyclic) bond motifs is 1. The summed E-state index contributed by atoms with van der Waals surface area (Å²) < 4.78 is 5.26. The maximum atomic E-state index is 12.5. The van der Waals surface area contributed by atoms with Gasteiger partial charge in [-0.2, -0.15) is 0 Å². The Labute approximate surface area is 176 Å². The van der Waals surface area contributed by atoms with Crippen molar-refractivity contribution >= 4 is 23.4 Å². The molecule has 0 unspecified atom stereocenters. The Balaban J connectivity index is 1.61. The summed E-state index contributed by atoms with van der Waals surface area (Å²) in [4.78, 5) is 26.6. The van der Waals surface area contributed by atoms with Gasteiger partial charge >= 0.3 is 5.97 Å². The van der Waals surface area contributed by atoms with Gasteiger partial charge in [-0.3, -0.25) is 19.9 Å². The van der Waals surface area contributed by atoms with E-state index in [0.29, 0.717) is 30.0 Å². The normalized spacial score (nSPS) is 13.4. The van der Waals surface area contributed by atoms with Crippen molar-refractivity contribution in [3.63, 3.8) is 0 Å². The van der Waals surface area contributed by atoms with Gasteiger partial charge in [0, 0.05) is 29.9 Å². The van der Waals surface area contributed by atoms with Gasteiger partial charge in [-0.25, -0.2) is 0 Å². The number of benzene rings is 2. The zero-order valence-electron chi connectivity index (χ0n) is 17.2. The summed E-state index contributed by atoms with van der Waals surface area (Å²) in [5.41, 5.74) is 9.57. The van der Waals surface area contributed by atoms with Crippen LogP contribution in [-0.2, 0) is 22.5 Å². The molecule has 0 fully saturated rings. The Morgan fingerprint density at radius 1 is 1.13 bits per heavy atom. The Morgan fingerprint density at radius 3 is 2.57 bits per heavy atom. The molecule has 7 nitrogen and oxygen atoms in total. The second-order valence-electron chi connectivity index (χ2n) is 7.46. The van der Waals surface area contributed by atoms with Crippen molar-refractivity contribution in [2.24, 2.45) is 5.73 Å². The number of carbonyl (C=O) groups is 2. The van der Waals surface area contributed by atoms with Crippen molar-refractivity contribution in [3.05, 3.63) is 64.7 Å². The highest BCUT2D eigenvalue weighted by Gasteiger charge is 2.20. The van der Waals surface area contributed by atoms with Gasteiger partial charge in [-0.05, 0) is 48.2 Å². The van der Waals surface area contributed by atoms with E-state index in [1.54, 1.807) is 24.3 Å². The molecule has 2 aromatic carbocycles. The van der Waals surface area contributed by atoms with Crippen LogP contribution < -0.4 is 11.1 Å². The van der Waals surface area contributed by atoms with Gasteiger partial charge in [0.25, 0.3) is 5.91 Å². The SMILES string of the molecule is CCCCOC(=O)CN1CCc2ccc(NC(=O)c3ccc(C(=N)N)cc3)cc2C1. The van der Waals surface area contributed by atoms with Crippen LogP contribution in [0.4, 0.5) is 5.69 Å². The number of esters is 1. The molecule has 3 rings (SSSR count). The molecule has 0 aromatic heterocycles. The molecule has 0 saturated heterocycles. The lowest BCUT2D eigenvalue weighted by molar-refractivity contribution is -0.145. The summed E-state index contributed by atoms with van der Waals surface area (Å²) in [5, 5.41) is 10.3. The fourth-order valence-electron chi connectivity index (χ4n) is 3.39. The summed E-state index contributed by atoms with van der Waals surface area (Å²) in [6.45, 7) is 4.28. The van der Waals surface area contributed by atoms with Gasteiger partial charge in [-0.1, -0.05) is 31.5 Å². The number of nitrogens with two attached hydrogens (primary N) is 1. The molecule has 1 aliphatic heterocycles. The number of nitrogens with zero attached hydrogens (tertiary/aromatic N) is 1. The van der Waals surface area contributed by atoms with Crippen molar-refractivity contribution in [3.8, 4) is 0 Å². The van der Waals surface area contributed by atoms with Crippen molar-refractivity contribution in [2.75, 3.05) is 25.0 Å². The lowest BCUT2D eigenvalue weighted by atomic mass is 9.99. The van der Waals surface area contributed by atoms with E-state index in [4.69, 9.17) is 15.9 Å². The monoisotopic (exact) mass is 408 g/mol. The van der Waals surface area contributed by atoms with Gasteiger partial charge in [0.2, 0.25) is 0 Å². The number of rotatable bonds is 8. The number of amides is 1. The molecule has 0 radical (unpaired) electrons. The quantitative estimate of drug-likeness (QED) is 0.269. The molecule has 0 saturated carbocycles. The fourth-order valence-corrected chi connectivity index (χ4v) is 3.39. The number of ether oxygens (including phenoxy) is 1. The van der Waals surface area contributed by atoms with Crippen LogP contribution in [-0.4, -0.2) is 42.3 Å². The van der Waals surface area contributed by atoms with Gasteiger partial charge in [0.05, 0.1) is 13.2 Å². The number of unbranched alkanes of at least 4 members (excludes halogenated alkanes) is 1. The highest BCUT2D eigenvalue weighted by atomic mass is 16.5. The Kier molecular flexibility index (Phi) is 7.19. The lowest BCUT2D eigenvalue weighted by Crippen LogP contribution is -2.35. The van der Waals surface area contributed by atoms with Crippen LogP contribution in [0.5, 0.6) is 0 Å². The first kappa shape index (κ1) is 21.5. The Bertz CT molecular complexity index is 925. The van der Waals surface area contributed by atoms with Crippen molar-refractivity contribution in [2.45, 2.75) is 32.7 Å². The molecule has 7 heteroatoms. The third kappa shape index (κ3) is 5.67. The van der Waals surface area contributed by atoms with Crippen LogP contribution in [0.15, 0.2) is 42.5 Å². The average molecular weight is 409 g/mol. The number of hydrogen-bond donors (Lipinski definition) is 3. The zero-order chi connectivity index (χ0) is 21.5. The van der Waals surface area contributed by atoms with E-state index in [0.717, 1.165) is 31.4 Å². The van der Waals surface area contributed by atoms with Crippen LogP contribution >= 0.6 is 0 Å². The number of amidine groups is 1. The second-order valence-corrected chi connectivity index (χ2v) is 7.46. The minimum absolute atomic E-state index is 0.0320. The van der Waals surface area contributed by atoms with Crippen molar-refractivity contribution in [1.82, 2.24) is 4.90 Å². The minimum atomic E-state index is -0.225. The molecule has 4 N–H and O–H groups in total. The van der Waals surface area contributed by atoms with E-state index in [1.165, 1.54) is 5.56 Å². The molecule has 1 aliphatic rings. The van der Waals surface area contributed by atoms with Gasteiger partial charge in [0.15, 0.2) is 0 Å². The molecule has 1 heterocycles. The second kappa shape index (κ2) is 10.0. The molecule has 158 valence electrons. The van der Waals surface area contributed by atoms with Crippen LogP contribution in [0.3, 0.4) is 0 Å². The van der Waals surface area contributed by atoms with Crippen LogP contribution in [0.25, 0.3) is 0 Å². The lowest BCUT2D eigenvalue weighted by Gasteiger charge is -2.28. The van der Waals surface area contributed by atoms with E-state index in [9.17, 15) is 9.59 Å². The number of hydrogen-bond acceptors (Lipinski definition) is 5. The highest BCUT2D eigenvalue weighted by Crippen LogP contribution is 2.23. The Hall–Kier alpha value is -3.19. The molecule has 0 atom stereocenters. The summed E-state index contributed by atoms with van der Waals surface area (Å²) >= 11 is 0.